The van der Waals surface area contributed by atoms with Crippen LogP contribution in [-0.4, -0.2) is 25.5 Å². The number of pyridine rings is 1. The van der Waals surface area contributed by atoms with E-state index < -0.39 is 9.84 Å². The number of nitrogens with one attached hydrogen (secondary N) is 3. The lowest BCUT2D eigenvalue weighted by Gasteiger charge is -2.13. The number of aromatic nitrogens is 1. The van der Waals surface area contributed by atoms with Gasteiger partial charge in [-0.05, 0) is 35.4 Å². The molecule has 5 N–H and O–H groups in total. The molecule has 0 atom stereocenters. The molecule has 1 aromatic heterocycles. The number of anilines is 2. The lowest BCUT2D eigenvalue weighted by Crippen LogP contribution is -2.13. The molecule has 0 saturated carbocycles. The number of amidine groups is 1. The molecule has 7 nitrogen and oxygen atoms in total. The molecule has 0 fully saturated rings. The van der Waals surface area contributed by atoms with Gasteiger partial charge in [0.15, 0.2) is 9.84 Å². The Balaban J connectivity index is 1.74. The van der Waals surface area contributed by atoms with Gasteiger partial charge in [-0.15, -0.1) is 0 Å². The predicted molar refractivity (Wildman–Crippen MR) is 132 cm³/mol. The van der Waals surface area contributed by atoms with E-state index in [4.69, 9.17) is 11.1 Å². The van der Waals surface area contributed by atoms with Crippen LogP contribution in [0.15, 0.2) is 94.7 Å². The molecule has 0 unspecified atom stereocenters. The number of hydrogen-bond acceptors (Lipinski definition) is 5. The van der Waals surface area contributed by atoms with Crippen molar-refractivity contribution in [1.29, 1.82) is 5.41 Å². The summed E-state index contributed by atoms with van der Waals surface area (Å²) in [4.78, 5) is 15.6. The van der Waals surface area contributed by atoms with Gasteiger partial charge in [0.25, 0.3) is 5.56 Å². The van der Waals surface area contributed by atoms with Gasteiger partial charge in [0.05, 0.1) is 4.90 Å². The predicted octanol–water partition coefficient (Wildman–Crippen LogP) is 4.14. The maximum absolute atomic E-state index is 12.6. The van der Waals surface area contributed by atoms with E-state index in [9.17, 15) is 13.2 Å². The first kappa shape index (κ1) is 22.0. The van der Waals surface area contributed by atoms with Crippen molar-refractivity contribution in [3.05, 3.63) is 101 Å². The fraction of sp³-hybridized carbons (Fsp3) is 0.0400. The van der Waals surface area contributed by atoms with Crippen LogP contribution in [0.1, 0.15) is 5.56 Å². The van der Waals surface area contributed by atoms with E-state index in [0.29, 0.717) is 28.1 Å². The van der Waals surface area contributed by atoms with E-state index >= 15 is 0 Å². The number of nitrogens with two attached hydrogens (primary N) is 1. The molecule has 166 valence electrons. The average Bonchev–Trinajstić information content (AvgIpc) is 2.80. The molecule has 0 bridgehead atoms. The van der Waals surface area contributed by atoms with Gasteiger partial charge in [-0.2, -0.15) is 0 Å². The highest BCUT2D eigenvalue weighted by molar-refractivity contribution is 7.90. The SMILES string of the molecule is CS(=O)(=O)c1ccccc1-c1ccc(-c2cc[nH]c(=O)c2Nc2cccc(C(=N)N)c2)cc1. The fourth-order valence-corrected chi connectivity index (χ4v) is 4.52. The van der Waals surface area contributed by atoms with Crippen LogP contribution in [0.4, 0.5) is 11.4 Å². The maximum Gasteiger partial charge on any atom is 0.272 e. The largest absolute Gasteiger partial charge is 0.384 e. The van der Waals surface area contributed by atoms with Gasteiger partial charge in [0.2, 0.25) is 0 Å². The van der Waals surface area contributed by atoms with Crippen molar-refractivity contribution in [2.24, 2.45) is 5.73 Å². The molecule has 0 amide bonds. The van der Waals surface area contributed by atoms with E-state index in [1.54, 1.807) is 60.8 Å². The summed E-state index contributed by atoms with van der Waals surface area (Å²) in [7, 11) is -3.38. The van der Waals surface area contributed by atoms with Crippen LogP contribution in [0.5, 0.6) is 0 Å². The molecule has 0 aliphatic carbocycles. The second-order valence-electron chi connectivity index (χ2n) is 7.56. The Bertz CT molecular complexity index is 1510. The van der Waals surface area contributed by atoms with Crippen molar-refractivity contribution in [2.75, 3.05) is 11.6 Å². The minimum absolute atomic E-state index is 0.0641. The molecule has 8 heteroatoms. The molecule has 4 rings (SSSR count). The van der Waals surface area contributed by atoms with Crippen molar-refractivity contribution >= 4 is 27.0 Å². The quantitative estimate of drug-likeness (QED) is 0.255. The van der Waals surface area contributed by atoms with E-state index in [0.717, 1.165) is 11.1 Å². The summed E-state index contributed by atoms with van der Waals surface area (Å²) in [6.07, 6.45) is 2.76. The minimum Gasteiger partial charge on any atom is -0.384 e. The monoisotopic (exact) mass is 458 g/mol. The highest BCUT2D eigenvalue weighted by atomic mass is 32.2. The minimum atomic E-state index is -3.38. The Morgan fingerprint density at radius 2 is 1.58 bits per heavy atom. The summed E-state index contributed by atoms with van der Waals surface area (Å²) < 4.78 is 24.3. The summed E-state index contributed by atoms with van der Waals surface area (Å²) in [6.45, 7) is 0. The van der Waals surface area contributed by atoms with Crippen LogP contribution in [-0.2, 0) is 9.84 Å². The highest BCUT2D eigenvalue weighted by Crippen LogP contribution is 2.32. The Morgan fingerprint density at radius 3 is 2.24 bits per heavy atom. The third-order valence-corrected chi connectivity index (χ3v) is 6.35. The summed E-state index contributed by atoms with van der Waals surface area (Å²) in [5, 5.41) is 10.8. The Kier molecular flexibility index (Phi) is 5.85. The third-order valence-electron chi connectivity index (χ3n) is 5.20. The van der Waals surface area contributed by atoms with E-state index in [-0.39, 0.29) is 16.3 Å². The Labute approximate surface area is 191 Å². The van der Waals surface area contributed by atoms with Crippen LogP contribution in [0, 0.1) is 5.41 Å². The molecule has 0 aliphatic rings. The van der Waals surface area contributed by atoms with Gasteiger partial charge < -0.3 is 16.0 Å². The molecule has 0 aliphatic heterocycles. The number of sulfone groups is 1. The van der Waals surface area contributed by atoms with Crippen LogP contribution in [0.3, 0.4) is 0 Å². The average molecular weight is 459 g/mol. The third kappa shape index (κ3) is 4.70. The van der Waals surface area contributed by atoms with Crippen molar-refractivity contribution in [3.8, 4) is 22.3 Å². The van der Waals surface area contributed by atoms with Crippen LogP contribution in [0.25, 0.3) is 22.3 Å². The van der Waals surface area contributed by atoms with E-state index in [1.807, 2.05) is 24.3 Å². The first-order valence-electron chi connectivity index (χ1n) is 10.1. The van der Waals surface area contributed by atoms with Gasteiger partial charge in [-0.1, -0.05) is 54.6 Å². The maximum atomic E-state index is 12.6. The normalized spacial score (nSPS) is 11.2. The summed E-state index contributed by atoms with van der Waals surface area (Å²) in [6, 6.07) is 23.0. The second kappa shape index (κ2) is 8.76. The van der Waals surface area contributed by atoms with E-state index in [1.165, 1.54) is 6.26 Å². The zero-order chi connectivity index (χ0) is 23.6. The molecule has 4 aromatic rings. The van der Waals surface area contributed by atoms with Crippen LogP contribution < -0.4 is 16.6 Å². The molecule has 0 radical (unpaired) electrons. The van der Waals surface area contributed by atoms with Crippen molar-refractivity contribution in [1.82, 2.24) is 4.98 Å². The Morgan fingerprint density at radius 1 is 0.909 bits per heavy atom. The lowest BCUT2D eigenvalue weighted by molar-refractivity contribution is 0.602. The standard InChI is InChI=1S/C25H22N4O3S/c1-33(31,32)22-8-3-2-7-20(22)16-9-11-17(12-10-16)21-13-14-28-25(30)23(21)29-19-6-4-5-18(15-19)24(26)27/h2-15,29H,1H3,(H3,26,27)(H,28,30). The van der Waals surface area contributed by atoms with Crippen molar-refractivity contribution in [2.45, 2.75) is 4.90 Å². The van der Waals surface area contributed by atoms with Crippen molar-refractivity contribution < 1.29 is 8.42 Å². The summed E-state index contributed by atoms with van der Waals surface area (Å²) >= 11 is 0. The lowest BCUT2D eigenvalue weighted by atomic mass is 10.00. The van der Waals surface area contributed by atoms with Crippen LogP contribution >= 0.6 is 0 Å². The number of rotatable bonds is 6. The van der Waals surface area contributed by atoms with Gasteiger partial charge in [0.1, 0.15) is 11.5 Å². The topological polar surface area (TPSA) is 129 Å². The van der Waals surface area contributed by atoms with Gasteiger partial charge in [0, 0.05) is 34.8 Å². The number of hydrogen-bond donors (Lipinski definition) is 4. The highest BCUT2D eigenvalue weighted by Gasteiger charge is 2.15. The number of benzene rings is 3. The smallest absolute Gasteiger partial charge is 0.272 e. The second-order valence-corrected chi connectivity index (χ2v) is 9.54. The zero-order valence-corrected chi connectivity index (χ0v) is 18.6. The fourth-order valence-electron chi connectivity index (χ4n) is 3.61. The number of nitrogen functional groups attached to an aromatic ring is 1. The molecule has 1 heterocycles. The first-order chi connectivity index (χ1) is 15.7. The molecular weight excluding hydrogens is 436 g/mol. The Hall–Kier alpha value is -4.17. The molecule has 3 aromatic carbocycles. The molecular formula is C25H22N4O3S. The van der Waals surface area contributed by atoms with Crippen molar-refractivity contribution in [3.63, 3.8) is 0 Å². The number of aromatic amines is 1. The molecule has 0 saturated heterocycles. The summed E-state index contributed by atoms with van der Waals surface area (Å²) in [5.41, 5.74) is 9.64. The van der Waals surface area contributed by atoms with E-state index in [2.05, 4.69) is 10.3 Å². The van der Waals surface area contributed by atoms with Crippen LogP contribution in [0.2, 0.25) is 0 Å². The number of H-pyrrole nitrogens is 1. The summed E-state index contributed by atoms with van der Waals surface area (Å²) in [5.74, 6) is -0.0641. The zero-order valence-electron chi connectivity index (χ0n) is 17.8. The first-order valence-corrected chi connectivity index (χ1v) is 12.0. The van der Waals surface area contributed by atoms with Gasteiger partial charge in [-0.3, -0.25) is 10.2 Å². The van der Waals surface area contributed by atoms with Gasteiger partial charge in [-0.25, -0.2) is 8.42 Å². The molecule has 33 heavy (non-hydrogen) atoms. The van der Waals surface area contributed by atoms with Gasteiger partial charge >= 0.3 is 0 Å². The molecule has 0 spiro atoms.